The lowest BCUT2D eigenvalue weighted by Gasteiger charge is -2.30. The van der Waals surface area contributed by atoms with Gasteiger partial charge in [0.05, 0.1) is 0 Å². The summed E-state index contributed by atoms with van der Waals surface area (Å²) in [7, 11) is -3.65. The fraction of sp³-hybridized carbons (Fsp3) is 0.476. The van der Waals surface area contributed by atoms with Gasteiger partial charge in [-0.2, -0.15) is 0 Å². The smallest absolute Gasteiger partial charge is 0.307 e. The Balaban J connectivity index is 1.56. The molecule has 1 heterocycles. The van der Waals surface area contributed by atoms with Crippen LogP contribution in [0.15, 0.2) is 84.9 Å². The number of hydrogen-bond acceptors (Lipinski definition) is 7. The molecule has 0 bridgehead atoms. The molecule has 1 aliphatic heterocycles. The fourth-order valence-electron chi connectivity index (χ4n) is 6.39. The maximum atomic E-state index is 15.0. The Morgan fingerprint density at radius 2 is 1.53 bits per heavy atom. The van der Waals surface area contributed by atoms with E-state index in [1.54, 1.807) is 24.0 Å². The predicted octanol–water partition coefficient (Wildman–Crippen LogP) is 8.07. The maximum Gasteiger partial charge on any atom is 0.307 e. The number of nitrogens with zero attached hydrogens (tertiary/aromatic N) is 1. The SMILES string of the molecule is CCC(=O)OC(OP(=O)(CCCCN1Cc2ccccc2C1=O)CC(CCc1ccccc1)C(=O)N[C@@H](CC(C)C)C(=O)Nc1ccccc1)C(C)C. The molecule has 10 nitrogen and oxygen atoms in total. The number of carbonyl (C=O) groups excluding carboxylic acids is 4. The normalized spacial score (nSPS) is 15.4. The van der Waals surface area contributed by atoms with Crippen LogP contribution in [0.25, 0.3) is 0 Å². The Bertz CT molecular complexity index is 1700. The molecule has 0 fully saturated rings. The van der Waals surface area contributed by atoms with E-state index < -0.39 is 31.6 Å². The van der Waals surface area contributed by atoms with Gasteiger partial charge in [-0.25, -0.2) is 0 Å². The van der Waals surface area contributed by atoms with E-state index in [-0.39, 0.29) is 48.3 Å². The third-order valence-corrected chi connectivity index (χ3v) is 11.9. The van der Waals surface area contributed by atoms with Crippen LogP contribution in [0, 0.1) is 17.8 Å². The zero-order valence-electron chi connectivity index (χ0n) is 31.8. The van der Waals surface area contributed by atoms with Crippen LogP contribution in [-0.2, 0) is 41.2 Å². The topological polar surface area (TPSA) is 131 Å². The first kappa shape index (κ1) is 41.5. The summed E-state index contributed by atoms with van der Waals surface area (Å²) in [5, 5.41) is 5.92. The summed E-state index contributed by atoms with van der Waals surface area (Å²) in [6, 6.07) is 25.6. The summed E-state index contributed by atoms with van der Waals surface area (Å²) in [6.45, 7) is 10.3. The summed E-state index contributed by atoms with van der Waals surface area (Å²) >= 11 is 0. The molecule has 0 radical (unpaired) electrons. The Labute approximate surface area is 314 Å². The summed E-state index contributed by atoms with van der Waals surface area (Å²) < 4.78 is 27.0. The summed E-state index contributed by atoms with van der Waals surface area (Å²) in [5.74, 6) is -2.17. The van der Waals surface area contributed by atoms with E-state index in [9.17, 15) is 19.2 Å². The first-order valence-electron chi connectivity index (χ1n) is 18.9. The van der Waals surface area contributed by atoms with Gasteiger partial charge in [0.25, 0.3) is 5.91 Å². The number of amides is 3. The highest BCUT2D eigenvalue weighted by Gasteiger charge is 2.37. The Morgan fingerprint density at radius 3 is 2.17 bits per heavy atom. The van der Waals surface area contributed by atoms with Crippen LogP contribution in [-0.4, -0.2) is 59.8 Å². The molecule has 2 N–H and O–H groups in total. The molecule has 0 spiro atoms. The number of nitrogens with one attached hydrogen (secondary N) is 2. The van der Waals surface area contributed by atoms with Gasteiger partial charge in [-0.15, -0.1) is 0 Å². The molecule has 3 aromatic carbocycles. The number of carbonyl (C=O) groups is 4. The van der Waals surface area contributed by atoms with Gasteiger partial charge in [-0.1, -0.05) is 101 Å². The van der Waals surface area contributed by atoms with Crippen molar-refractivity contribution in [3.63, 3.8) is 0 Å². The van der Waals surface area contributed by atoms with E-state index in [1.165, 1.54) is 0 Å². The molecule has 3 unspecified atom stereocenters. The number of anilines is 1. The number of aryl methyl sites for hydroxylation is 1. The monoisotopic (exact) mass is 745 g/mol. The number of ether oxygens (including phenoxy) is 1. The number of esters is 1. The number of benzene rings is 3. The van der Waals surface area contributed by atoms with Gasteiger partial charge in [0.2, 0.25) is 25.5 Å². The second-order valence-corrected chi connectivity index (χ2v) is 17.3. The zero-order valence-corrected chi connectivity index (χ0v) is 32.7. The van der Waals surface area contributed by atoms with Gasteiger partial charge in [0.1, 0.15) is 6.04 Å². The summed E-state index contributed by atoms with van der Waals surface area (Å²) in [5.41, 5.74) is 3.35. The van der Waals surface area contributed by atoms with Crippen LogP contribution < -0.4 is 10.6 Å². The molecule has 4 rings (SSSR count). The van der Waals surface area contributed by atoms with Crippen LogP contribution >= 0.6 is 7.37 Å². The third-order valence-electron chi connectivity index (χ3n) is 9.32. The second kappa shape index (κ2) is 20.3. The maximum absolute atomic E-state index is 15.0. The first-order chi connectivity index (χ1) is 25.4. The molecule has 286 valence electrons. The van der Waals surface area contributed by atoms with E-state index in [0.29, 0.717) is 56.4 Å². The number of para-hydroxylation sites is 1. The molecule has 0 aliphatic carbocycles. The van der Waals surface area contributed by atoms with Gasteiger partial charge in [-0.05, 0) is 67.3 Å². The highest BCUT2D eigenvalue weighted by atomic mass is 31.2. The molecular formula is C42H56N3O7P. The lowest BCUT2D eigenvalue weighted by Crippen LogP contribution is -2.47. The van der Waals surface area contributed by atoms with Gasteiger partial charge in [-0.3, -0.25) is 28.3 Å². The molecule has 0 saturated heterocycles. The highest BCUT2D eigenvalue weighted by molar-refractivity contribution is 7.59. The van der Waals surface area contributed by atoms with Crippen molar-refractivity contribution in [2.24, 2.45) is 17.8 Å². The van der Waals surface area contributed by atoms with Crippen molar-refractivity contribution < 1.29 is 33.0 Å². The van der Waals surface area contributed by atoms with E-state index in [1.807, 2.05) is 100 Å². The van der Waals surface area contributed by atoms with Crippen LogP contribution in [0.5, 0.6) is 0 Å². The van der Waals surface area contributed by atoms with E-state index in [4.69, 9.17) is 9.26 Å². The molecule has 53 heavy (non-hydrogen) atoms. The average Bonchev–Trinajstić information content (AvgIpc) is 3.46. The number of fused-ring (bicyclic) bond motifs is 1. The van der Waals surface area contributed by atoms with Gasteiger partial charge >= 0.3 is 5.97 Å². The number of rotatable bonds is 21. The van der Waals surface area contributed by atoms with Gasteiger partial charge in [0.15, 0.2) is 0 Å². The third kappa shape index (κ3) is 13.0. The van der Waals surface area contributed by atoms with E-state index >= 15 is 4.57 Å². The molecule has 1 aliphatic rings. The fourth-order valence-corrected chi connectivity index (χ4v) is 9.15. The van der Waals surface area contributed by atoms with Crippen LogP contribution in [0.3, 0.4) is 0 Å². The quantitative estimate of drug-likeness (QED) is 0.0488. The Hall–Kier alpha value is -4.27. The minimum atomic E-state index is -3.65. The first-order valence-corrected chi connectivity index (χ1v) is 20.9. The van der Waals surface area contributed by atoms with Crippen molar-refractivity contribution in [3.05, 3.63) is 102 Å². The molecule has 11 heteroatoms. The summed E-state index contributed by atoms with van der Waals surface area (Å²) in [4.78, 5) is 55.0. The average molecular weight is 746 g/mol. The van der Waals surface area contributed by atoms with Crippen LogP contribution in [0.4, 0.5) is 5.69 Å². The molecule has 0 saturated carbocycles. The molecular weight excluding hydrogens is 689 g/mol. The molecule has 4 atom stereocenters. The Morgan fingerprint density at radius 1 is 0.868 bits per heavy atom. The molecule has 3 aromatic rings. The van der Waals surface area contributed by atoms with Crippen molar-refractivity contribution in [1.82, 2.24) is 10.2 Å². The number of hydrogen-bond donors (Lipinski definition) is 2. The standard InChI is InChI=1S/C42H56N3O7P/c1-6-38(46)51-42(31(4)5)52-53(50,26-16-15-25-45-28-33-19-13-14-22-36(33)41(45)49)29-34(24-23-32-17-9-7-10-18-32)39(47)44-37(27-30(2)3)40(48)43-35-20-11-8-12-21-35/h7-14,17-22,30-31,34,37,42H,6,15-16,23-29H2,1-5H3,(H,43,48)(H,44,47)/t34?,37-,42?,53?/m0/s1. The second-order valence-electron chi connectivity index (χ2n) is 14.6. The lowest BCUT2D eigenvalue weighted by molar-refractivity contribution is -0.169. The van der Waals surface area contributed by atoms with Crippen molar-refractivity contribution in [3.8, 4) is 0 Å². The van der Waals surface area contributed by atoms with Gasteiger partial charge in [0, 0.05) is 54.9 Å². The lowest BCUT2D eigenvalue weighted by atomic mass is 9.98. The largest absolute Gasteiger partial charge is 0.435 e. The molecule has 3 amide bonds. The van der Waals surface area contributed by atoms with Crippen molar-refractivity contribution >= 4 is 36.7 Å². The highest BCUT2D eigenvalue weighted by Crippen LogP contribution is 2.52. The van der Waals surface area contributed by atoms with Crippen molar-refractivity contribution in [2.75, 3.05) is 24.2 Å². The van der Waals surface area contributed by atoms with Crippen LogP contribution in [0.2, 0.25) is 0 Å². The summed E-state index contributed by atoms with van der Waals surface area (Å²) in [6.07, 6.45) is 1.46. The zero-order chi connectivity index (χ0) is 38.4. The van der Waals surface area contributed by atoms with Gasteiger partial charge < -0.3 is 20.3 Å². The minimum absolute atomic E-state index is 0.0173. The Kier molecular flexibility index (Phi) is 15.9. The van der Waals surface area contributed by atoms with E-state index in [2.05, 4.69) is 10.6 Å². The number of unbranched alkanes of at least 4 members (excludes halogenated alkanes) is 1. The van der Waals surface area contributed by atoms with Crippen LogP contribution in [0.1, 0.15) is 88.2 Å². The molecule has 0 aromatic heterocycles. The van der Waals surface area contributed by atoms with Crippen molar-refractivity contribution in [2.45, 2.75) is 92.0 Å². The minimum Gasteiger partial charge on any atom is -0.435 e. The van der Waals surface area contributed by atoms with E-state index in [0.717, 1.165) is 11.1 Å². The predicted molar refractivity (Wildman–Crippen MR) is 209 cm³/mol. The van der Waals surface area contributed by atoms with Crippen molar-refractivity contribution in [1.29, 1.82) is 0 Å².